The Hall–Kier alpha value is -2.47. The van der Waals surface area contributed by atoms with Crippen LogP contribution < -0.4 is 0 Å². The predicted molar refractivity (Wildman–Crippen MR) is 89.9 cm³/mol. The van der Waals surface area contributed by atoms with E-state index in [9.17, 15) is 9.18 Å². The van der Waals surface area contributed by atoms with Crippen molar-refractivity contribution in [2.75, 3.05) is 0 Å². The maximum atomic E-state index is 13.1. The van der Waals surface area contributed by atoms with Crippen LogP contribution in [0.25, 0.3) is 11.5 Å². The van der Waals surface area contributed by atoms with E-state index in [1.165, 1.54) is 18.2 Å². The van der Waals surface area contributed by atoms with E-state index in [0.717, 1.165) is 5.56 Å². The second-order valence-corrected chi connectivity index (χ2v) is 5.94. The highest BCUT2D eigenvalue weighted by Crippen LogP contribution is 2.23. The van der Waals surface area contributed by atoms with Crippen molar-refractivity contribution in [3.8, 4) is 11.5 Å². The number of halogens is 2. The first-order chi connectivity index (χ1) is 11.5. The maximum absolute atomic E-state index is 13.1. The molecule has 0 aliphatic carbocycles. The van der Waals surface area contributed by atoms with Crippen molar-refractivity contribution in [1.29, 1.82) is 0 Å². The van der Waals surface area contributed by atoms with Crippen molar-refractivity contribution >= 4 is 21.9 Å². The van der Waals surface area contributed by atoms with Crippen LogP contribution in [0.5, 0.6) is 0 Å². The van der Waals surface area contributed by atoms with E-state index in [1.54, 1.807) is 6.92 Å². The Morgan fingerprint density at radius 2 is 2.00 bits per heavy atom. The van der Waals surface area contributed by atoms with Gasteiger partial charge in [-0.2, -0.15) is 0 Å². The molecule has 2 aromatic carbocycles. The lowest BCUT2D eigenvalue weighted by Crippen LogP contribution is -2.07. The van der Waals surface area contributed by atoms with Crippen LogP contribution in [-0.4, -0.2) is 11.0 Å². The van der Waals surface area contributed by atoms with E-state index >= 15 is 0 Å². The quantitative estimate of drug-likeness (QED) is 0.594. The summed E-state index contributed by atoms with van der Waals surface area (Å²) in [5, 5.41) is 0. The zero-order chi connectivity index (χ0) is 17.1. The molecule has 0 bridgehead atoms. The summed E-state index contributed by atoms with van der Waals surface area (Å²) in [6.07, 6.45) is 0. The number of hydrogen-bond donors (Lipinski definition) is 0. The standard InChI is InChI=1S/C18H13BrFNO3/c1-11-16(21-17(24-11)12-5-3-2-4-6-12)10-23-18(22)14-8-7-13(20)9-15(14)19/h2-9H,10H2,1H3. The zero-order valence-electron chi connectivity index (χ0n) is 12.8. The molecule has 0 saturated carbocycles. The number of oxazole rings is 1. The molecule has 0 saturated heterocycles. The van der Waals surface area contributed by atoms with Gasteiger partial charge in [0.2, 0.25) is 5.89 Å². The molecule has 0 atom stereocenters. The largest absolute Gasteiger partial charge is 0.455 e. The van der Waals surface area contributed by atoms with Gasteiger partial charge in [-0.25, -0.2) is 14.2 Å². The van der Waals surface area contributed by atoms with E-state index in [4.69, 9.17) is 9.15 Å². The fourth-order valence-corrected chi connectivity index (χ4v) is 2.65. The number of hydrogen-bond acceptors (Lipinski definition) is 4. The molecule has 0 radical (unpaired) electrons. The summed E-state index contributed by atoms with van der Waals surface area (Å²) in [5.41, 5.74) is 1.64. The van der Waals surface area contributed by atoms with Crippen LogP contribution in [0.3, 0.4) is 0 Å². The molecule has 1 heterocycles. The van der Waals surface area contributed by atoms with Crippen LogP contribution in [0.1, 0.15) is 21.8 Å². The summed E-state index contributed by atoms with van der Waals surface area (Å²) < 4.78 is 24.3. The first-order valence-electron chi connectivity index (χ1n) is 7.18. The first kappa shape index (κ1) is 16.4. The lowest BCUT2D eigenvalue weighted by Gasteiger charge is -2.05. The molecular weight excluding hydrogens is 377 g/mol. The van der Waals surface area contributed by atoms with Crippen LogP contribution in [0.15, 0.2) is 57.4 Å². The molecule has 0 unspecified atom stereocenters. The minimum atomic E-state index is -0.564. The number of rotatable bonds is 4. The van der Waals surface area contributed by atoms with Crippen LogP contribution in [0.4, 0.5) is 4.39 Å². The normalized spacial score (nSPS) is 10.6. The van der Waals surface area contributed by atoms with Crippen LogP contribution in [0.2, 0.25) is 0 Å². The van der Waals surface area contributed by atoms with E-state index < -0.39 is 11.8 Å². The lowest BCUT2D eigenvalue weighted by atomic mass is 10.2. The average molecular weight is 390 g/mol. The third-order valence-corrected chi connectivity index (χ3v) is 4.06. The molecule has 1 aromatic heterocycles. The molecular formula is C18H13BrFNO3. The Morgan fingerprint density at radius 1 is 1.25 bits per heavy atom. The predicted octanol–water partition coefficient (Wildman–Crippen LogP) is 4.91. The number of aromatic nitrogens is 1. The van der Waals surface area contributed by atoms with Gasteiger partial charge in [-0.05, 0) is 53.2 Å². The SMILES string of the molecule is Cc1oc(-c2ccccc2)nc1COC(=O)c1ccc(F)cc1Br. The zero-order valence-corrected chi connectivity index (χ0v) is 14.3. The number of carbonyl (C=O) groups excluding carboxylic acids is 1. The van der Waals surface area contributed by atoms with Crippen molar-refractivity contribution in [3.63, 3.8) is 0 Å². The molecule has 122 valence electrons. The van der Waals surface area contributed by atoms with Gasteiger partial charge in [0.05, 0.1) is 5.56 Å². The second kappa shape index (κ2) is 6.97. The smallest absolute Gasteiger partial charge is 0.339 e. The van der Waals surface area contributed by atoms with Gasteiger partial charge in [-0.3, -0.25) is 0 Å². The average Bonchev–Trinajstić information content (AvgIpc) is 2.94. The number of esters is 1. The van der Waals surface area contributed by atoms with Crippen molar-refractivity contribution < 1.29 is 18.3 Å². The number of benzene rings is 2. The van der Waals surface area contributed by atoms with Crippen molar-refractivity contribution in [1.82, 2.24) is 4.98 Å². The van der Waals surface area contributed by atoms with E-state index in [2.05, 4.69) is 20.9 Å². The highest BCUT2D eigenvalue weighted by molar-refractivity contribution is 9.10. The summed E-state index contributed by atoms with van der Waals surface area (Å²) in [6, 6.07) is 13.2. The third kappa shape index (κ3) is 3.54. The Bertz CT molecular complexity index is 877. The highest BCUT2D eigenvalue weighted by atomic mass is 79.9. The Kier molecular flexibility index (Phi) is 4.76. The molecule has 24 heavy (non-hydrogen) atoms. The molecule has 0 N–H and O–H groups in total. The minimum absolute atomic E-state index is 0.0230. The molecule has 6 heteroatoms. The van der Waals surface area contributed by atoms with Crippen molar-refractivity contribution in [2.45, 2.75) is 13.5 Å². The molecule has 4 nitrogen and oxygen atoms in total. The molecule has 3 aromatic rings. The van der Waals surface area contributed by atoms with Gasteiger partial charge in [0.25, 0.3) is 0 Å². The molecule has 0 fully saturated rings. The summed E-state index contributed by atoms with van der Waals surface area (Å²) >= 11 is 3.15. The molecule has 0 spiro atoms. The number of aryl methyl sites for hydroxylation is 1. The number of carbonyl (C=O) groups is 1. The van der Waals surface area contributed by atoms with Gasteiger partial charge in [0.15, 0.2) is 0 Å². The fourth-order valence-electron chi connectivity index (χ4n) is 2.13. The van der Waals surface area contributed by atoms with Gasteiger partial charge in [-0.1, -0.05) is 18.2 Å². The number of ether oxygens (including phenoxy) is 1. The fraction of sp³-hybridized carbons (Fsp3) is 0.111. The van der Waals surface area contributed by atoms with Gasteiger partial charge < -0.3 is 9.15 Å². The molecule has 3 rings (SSSR count). The van der Waals surface area contributed by atoms with Gasteiger partial charge in [-0.15, -0.1) is 0 Å². The van der Waals surface area contributed by atoms with E-state index in [0.29, 0.717) is 21.8 Å². The van der Waals surface area contributed by atoms with Gasteiger partial charge in [0, 0.05) is 10.0 Å². The van der Waals surface area contributed by atoms with Gasteiger partial charge >= 0.3 is 5.97 Å². The topological polar surface area (TPSA) is 52.3 Å². The lowest BCUT2D eigenvalue weighted by molar-refractivity contribution is 0.0466. The van der Waals surface area contributed by atoms with E-state index in [-0.39, 0.29) is 12.2 Å². The third-order valence-electron chi connectivity index (χ3n) is 3.40. The van der Waals surface area contributed by atoms with Crippen LogP contribution in [-0.2, 0) is 11.3 Å². The molecule has 0 amide bonds. The Labute approximate surface area is 146 Å². The van der Waals surface area contributed by atoms with Crippen molar-refractivity contribution in [2.24, 2.45) is 0 Å². The summed E-state index contributed by atoms with van der Waals surface area (Å²) in [6.45, 7) is 1.74. The Balaban J connectivity index is 1.73. The maximum Gasteiger partial charge on any atom is 0.339 e. The number of nitrogens with zero attached hydrogens (tertiary/aromatic N) is 1. The first-order valence-corrected chi connectivity index (χ1v) is 7.98. The van der Waals surface area contributed by atoms with Crippen LogP contribution in [0, 0.1) is 12.7 Å². The highest BCUT2D eigenvalue weighted by Gasteiger charge is 2.16. The van der Waals surface area contributed by atoms with Gasteiger partial charge in [0.1, 0.15) is 23.9 Å². The molecule has 0 aliphatic heterocycles. The molecule has 0 aliphatic rings. The van der Waals surface area contributed by atoms with Crippen molar-refractivity contribution in [3.05, 3.63) is 75.8 Å². The summed E-state index contributed by atoms with van der Waals surface area (Å²) in [4.78, 5) is 16.5. The Morgan fingerprint density at radius 3 is 2.71 bits per heavy atom. The van der Waals surface area contributed by atoms with Crippen LogP contribution >= 0.6 is 15.9 Å². The minimum Gasteiger partial charge on any atom is -0.455 e. The second-order valence-electron chi connectivity index (χ2n) is 5.09. The monoisotopic (exact) mass is 389 g/mol. The summed E-state index contributed by atoms with van der Waals surface area (Å²) in [5.74, 6) is 0.0609. The van der Waals surface area contributed by atoms with E-state index in [1.807, 2.05) is 30.3 Å². The summed E-state index contributed by atoms with van der Waals surface area (Å²) in [7, 11) is 0.